The van der Waals surface area contributed by atoms with Gasteiger partial charge in [0.1, 0.15) is 5.75 Å². The molecule has 0 saturated carbocycles. The number of ether oxygens (including phenoxy) is 1. The first-order valence-electron chi connectivity index (χ1n) is 7.61. The highest BCUT2D eigenvalue weighted by atomic mass is 32.1. The van der Waals surface area contributed by atoms with E-state index in [-0.39, 0.29) is 6.10 Å². The molecule has 0 fully saturated rings. The van der Waals surface area contributed by atoms with E-state index in [4.69, 9.17) is 4.74 Å². The Morgan fingerprint density at radius 3 is 2.81 bits per heavy atom. The quantitative estimate of drug-likeness (QED) is 0.509. The predicted molar refractivity (Wildman–Crippen MR) is 95.3 cm³/mol. The van der Waals surface area contributed by atoms with Gasteiger partial charge in [-0.3, -0.25) is 0 Å². The van der Waals surface area contributed by atoms with Gasteiger partial charge in [0, 0.05) is 9.58 Å². The van der Waals surface area contributed by atoms with E-state index < -0.39 is 0 Å². The molecule has 1 atom stereocenters. The van der Waals surface area contributed by atoms with Crippen molar-refractivity contribution in [1.82, 2.24) is 0 Å². The normalized spacial score (nSPS) is 12.3. The topological polar surface area (TPSA) is 9.23 Å². The van der Waals surface area contributed by atoms with Crippen LogP contribution in [0.15, 0.2) is 43.5 Å². The Bertz CT molecular complexity index is 624. The van der Waals surface area contributed by atoms with Crippen LogP contribution in [0.1, 0.15) is 44.4 Å². The fourth-order valence-electron chi connectivity index (χ4n) is 2.39. The average molecular weight is 300 g/mol. The Hall–Kier alpha value is -1.54. The van der Waals surface area contributed by atoms with Crippen LogP contribution in [0, 0.1) is 0 Å². The van der Waals surface area contributed by atoms with Crippen LogP contribution in [-0.4, -0.2) is 6.10 Å². The Kier molecular flexibility index (Phi) is 5.63. The van der Waals surface area contributed by atoms with Crippen LogP contribution >= 0.6 is 11.3 Å². The minimum absolute atomic E-state index is 0.282. The van der Waals surface area contributed by atoms with Crippen molar-refractivity contribution in [2.75, 3.05) is 0 Å². The molecule has 2 heteroatoms. The van der Waals surface area contributed by atoms with Crippen molar-refractivity contribution in [2.45, 2.75) is 45.6 Å². The van der Waals surface area contributed by atoms with Crippen molar-refractivity contribution >= 4 is 27.0 Å². The molecule has 0 aliphatic carbocycles. The summed E-state index contributed by atoms with van der Waals surface area (Å²) in [6, 6.07) is 8.58. The van der Waals surface area contributed by atoms with Crippen LogP contribution in [0.25, 0.3) is 15.7 Å². The number of hydrogen-bond donors (Lipinski definition) is 0. The van der Waals surface area contributed by atoms with E-state index in [0.29, 0.717) is 0 Å². The maximum absolute atomic E-state index is 6.17. The first kappa shape index (κ1) is 15.8. The second-order valence-electron chi connectivity index (χ2n) is 5.49. The van der Waals surface area contributed by atoms with Gasteiger partial charge in [0.25, 0.3) is 0 Å². The maximum Gasteiger partial charge on any atom is 0.120 e. The van der Waals surface area contributed by atoms with E-state index in [1.54, 1.807) is 11.3 Å². The standard InChI is InChI=1S/C19H24OS/c1-5-7-9-16(8-6-2)20-17-10-11-18-15(12-17)13-19(21-18)14(3)4/h5,10-13,16H,1,3,6-9H2,2,4H3. The molecule has 1 aromatic heterocycles. The molecule has 1 unspecified atom stereocenters. The summed E-state index contributed by atoms with van der Waals surface area (Å²) in [5.74, 6) is 0.969. The fourth-order valence-corrected chi connectivity index (χ4v) is 3.35. The van der Waals surface area contributed by atoms with E-state index in [1.807, 2.05) is 6.08 Å². The van der Waals surface area contributed by atoms with Gasteiger partial charge < -0.3 is 4.74 Å². The van der Waals surface area contributed by atoms with Crippen molar-refractivity contribution < 1.29 is 4.74 Å². The lowest BCUT2D eigenvalue weighted by Crippen LogP contribution is -2.15. The van der Waals surface area contributed by atoms with Crippen molar-refractivity contribution in [3.05, 3.63) is 48.4 Å². The van der Waals surface area contributed by atoms with E-state index in [9.17, 15) is 0 Å². The molecule has 2 aromatic rings. The largest absolute Gasteiger partial charge is 0.490 e. The average Bonchev–Trinajstić information content (AvgIpc) is 2.88. The summed E-state index contributed by atoms with van der Waals surface area (Å²) in [6.07, 6.45) is 6.52. The molecule has 1 aromatic carbocycles. The van der Waals surface area contributed by atoms with Gasteiger partial charge in [-0.2, -0.15) is 0 Å². The number of rotatable bonds is 8. The van der Waals surface area contributed by atoms with Crippen LogP contribution in [-0.2, 0) is 0 Å². The lowest BCUT2D eigenvalue weighted by Gasteiger charge is -2.18. The first-order chi connectivity index (χ1) is 10.1. The van der Waals surface area contributed by atoms with Crippen LogP contribution in [0.3, 0.4) is 0 Å². The summed E-state index contributed by atoms with van der Waals surface area (Å²) in [5.41, 5.74) is 1.12. The molecule has 0 aliphatic rings. The van der Waals surface area contributed by atoms with E-state index >= 15 is 0 Å². The van der Waals surface area contributed by atoms with Gasteiger partial charge in [0.05, 0.1) is 6.10 Å². The third kappa shape index (κ3) is 4.21. The second-order valence-corrected chi connectivity index (χ2v) is 6.57. The van der Waals surface area contributed by atoms with E-state index in [0.717, 1.165) is 37.0 Å². The summed E-state index contributed by atoms with van der Waals surface area (Å²) in [7, 11) is 0. The highest BCUT2D eigenvalue weighted by Crippen LogP contribution is 2.32. The van der Waals surface area contributed by atoms with Crippen LogP contribution in [0.4, 0.5) is 0 Å². The van der Waals surface area contributed by atoms with Crippen molar-refractivity contribution in [1.29, 1.82) is 0 Å². The molecule has 0 spiro atoms. The molecule has 1 heterocycles. The van der Waals surface area contributed by atoms with Crippen LogP contribution in [0.5, 0.6) is 5.75 Å². The van der Waals surface area contributed by atoms with Gasteiger partial charge in [-0.15, -0.1) is 17.9 Å². The molecule has 1 nitrogen and oxygen atoms in total. The third-order valence-corrected chi connectivity index (χ3v) is 4.79. The van der Waals surface area contributed by atoms with Crippen LogP contribution in [0.2, 0.25) is 0 Å². The Balaban J connectivity index is 2.16. The number of thiophene rings is 1. The van der Waals surface area contributed by atoms with Crippen molar-refractivity contribution in [2.24, 2.45) is 0 Å². The van der Waals surface area contributed by atoms with Gasteiger partial charge in [-0.25, -0.2) is 0 Å². The zero-order valence-electron chi connectivity index (χ0n) is 13.0. The SMILES string of the molecule is C=CCCC(CCC)Oc1ccc2sc(C(=C)C)cc2c1. The lowest BCUT2D eigenvalue weighted by molar-refractivity contribution is 0.181. The summed E-state index contributed by atoms with van der Waals surface area (Å²) in [4.78, 5) is 1.25. The molecule has 0 saturated heterocycles. The monoisotopic (exact) mass is 300 g/mol. The summed E-state index contributed by atoms with van der Waals surface area (Å²) >= 11 is 1.79. The minimum atomic E-state index is 0.282. The smallest absolute Gasteiger partial charge is 0.120 e. The molecular formula is C19H24OS. The van der Waals surface area contributed by atoms with Gasteiger partial charge in [-0.1, -0.05) is 26.0 Å². The molecule has 0 amide bonds. The predicted octanol–water partition coefficient (Wildman–Crippen LogP) is 6.45. The number of allylic oxidation sites excluding steroid dienone is 2. The first-order valence-corrected chi connectivity index (χ1v) is 8.42. The minimum Gasteiger partial charge on any atom is -0.490 e. The molecule has 0 aliphatic heterocycles. The van der Waals surface area contributed by atoms with Gasteiger partial charge in [-0.05, 0) is 61.4 Å². The molecule has 21 heavy (non-hydrogen) atoms. The molecular weight excluding hydrogens is 276 g/mol. The van der Waals surface area contributed by atoms with Crippen LogP contribution < -0.4 is 4.74 Å². The van der Waals surface area contributed by atoms with Gasteiger partial charge in [0.2, 0.25) is 0 Å². The number of benzene rings is 1. The Morgan fingerprint density at radius 2 is 2.14 bits per heavy atom. The molecule has 112 valence electrons. The summed E-state index contributed by atoms with van der Waals surface area (Å²) in [5, 5.41) is 1.24. The summed E-state index contributed by atoms with van der Waals surface area (Å²) in [6.45, 7) is 12.1. The summed E-state index contributed by atoms with van der Waals surface area (Å²) < 4.78 is 7.46. The van der Waals surface area contributed by atoms with E-state index in [1.165, 1.54) is 15.0 Å². The number of hydrogen-bond acceptors (Lipinski definition) is 2. The fraction of sp³-hybridized carbons (Fsp3) is 0.368. The molecule has 2 rings (SSSR count). The molecule has 0 radical (unpaired) electrons. The number of fused-ring (bicyclic) bond motifs is 1. The Morgan fingerprint density at radius 1 is 1.33 bits per heavy atom. The van der Waals surface area contributed by atoms with Crippen molar-refractivity contribution in [3.63, 3.8) is 0 Å². The lowest BCUT2D eigenvalue weighted by atomic mass is 10.1. The zero-order valence-corrected chi connectivity index (χ0v) is 13.8. The van der Waals surface area contributed by atoms with Gasteiger partial charge >= 0.3 is 0 Å². The highest BCUT2D eigenvalue weighted by Gasteiger charge is 2.10. The van der Waals surface area contributed by atoms with Gasteiger partial charge in [0.15, 0.2) is 0 Å². The second kappa shape index (κ2) is 7.46. The molecule has 0 bridgehead atoms. The third-order valence-electron chi connectivity index (χ3n) is 3.51. The highest BCUT2D eigenvalue weighted by molar-refractivity contribution is 7.20. The molecule has 0 N–H and O–H groups in total. The zero-order chi connectivity index (χ0) is 15.2. The Labute approximate surface area is 132 Å². The van der Waals surface area contributed by atoms with E-state index in [2.05, 4.69) is 51.3 Å². The van der Waals surface area contributed by atoms with Crippen molar-refractivity contribution in [3.8, 4) is 5.75 Å². The maximum atomic E-state index is 6.17.